The van der Waals surface area contributed by atoms with Crippen LogP contribution in [-0.2, 0) is 0 Å². The van der Waals surface area contributed by atoms with Crippen LogP contribution in [0.5, 0.6) is 0 Å². The van der Waals surface area contributed by atoms with Gasteiger partial charge in [0.05, 0.1) is 0 Å². The van der Waals surface area contributed by atoms with Crippen molar-refractivity contribution in [2.75, 3.05) is 0 Å². The quantitative estimate of drug-likeness (QED) is 0.502. The summed E-state index contributed by atoms with van der Waals surface area (Å²) in [5.74, 6) is -24.3. The van der Waals surface area contributed by atoms with Gasteiger partial charge in [0, 0.05) is 0 Å². The monoisotopic (exact) mass is 345 g/mol. The lowest BCUT2D eigenvalue weighted by Crippen LogP contribution is -2.55. The van der Waals surface area contributed by atoms with Crippen LogP contribution in [0.2, 0.25) is 0 Å². The summed E-state index contributed by atoms with van der Waals surface area (Å²) in [7, 11) is 0. The highest BCUT2D eigenvalue weighted by atomic mass is 19.4. The van der Waals surface area contributed by atoms with Crippen molar-refractivity contribution >= 4 is 0 Å². The van der Waals surface area contributed by atoms with Crippen molar-refractivity contribution in [3.8, 4) is 0 Å². The second-order valence-corrected chi connectivity index (χ2v) is 3.66. The molecule has 1 aliphatic rings. The Morgan fingerprint density at radius 1 is 0.667 bits per heavy atom. The standard InChI is InChI=1S/C7F13N/c8-1-2(21(6(15,16)17)7(18,19)20)4(11,12)5(13,14)3(1,9)10. The maximum absolute atomic E-state index is 12.9. The van der Waals surface area contributed by atoms with E-state index in [1.54, 1.807) is 0 Å². The van der Waals surface area contributed by atoms with Crippen LogP contribution in [0.3, 0.4) is 0 Å². The summed E-state index contributed by atoms with van der Waals surface area (Å²) in [6.07, 6.45) is -13.8. The van der Waals surface area contributed by atoms with Gasteiger partial charge in [-0.2, -0.15) is 31.2 Å². The fourth-order valence-electron chi connectivity index (χ4n) is 1.41. The minimum Gasteiger partial charge on any atom is -0.203 e. The van der Waals surface area contributed by atoms with Crippen molar-refractivity contribution in [2.45, 2.75) is 30.4 Å². The van der Waals surface area contributed by atoms with Crippen molar-refractivity contribution in [1.29, 1.82) is 0 Å². The molecule has 14 heteroatoms. The second kappa shape index (κ2) is 4.09. The molecule has 0 fully saturated rings. The Balaban J connectivity index is 3.70. The molecule has 1 aliphatic carbocycles. The molecule has 0 spiro atoms. The van der Waals surface area contributed by atoms with E-state index in [0.29, 0.717) is 0 Å². The number of alkyl halides is 12. The van der Waals surface area contributed by atoms with Crippen LogP contribution in [0.4, 0.5) is 57.1 Å². The second-order valence-electron chi connectivity index (χ2n) is 3.66. The first kappa shape index (κ1) is 17.7. The van der Waals surface area contributed by atoms with Crippen LogP contribution < -0.4 is 0 Å². The van der Waals surface area contributed by atoms with Crippen molar-refractivity contribution < 1.29 is 57.1 Å². The summed E-state index contributed by atoms with van der Waals surface area (Å²) in [5, 5.41) is 0. The molecule has 0 aliphatic heterocycles. The zero-order chi connectivity index (χ0) is 17.2. The third kappa shape index (κ3) is 2.18. The summed E-state index contributed by atoms with van der Waals surface area (Å²) >= 11 is 0. The van der Waals surface area contributed by atoms with Crippen LogP contribution in [0.1, 0.15) is 0 Å². The van der Waals surface area contributed by atoms with Gasteiger partial charge in [-0.25, -0.2) is 4.39 Å². The van der Waals surface area contributed by atoms with E-state index >= 15 is 0 Å². The Hall–Kier alpha value is -1.37. The number of rotatable bonds is 1. The highest BCUT2D eigenvalue weighted by molar-refractivity contribution is 5.36. The predicted molar refractivity (Wildman–Crippen MR) is 36.9 cm³/mol. The van der Waals surface area contributed by atoms with Gasteiger partial charge in [0.2, 0.25) is 5.83 Å². The third-order valence-electron chi connectivity index (χ3n) is 2.30. The van der Waals surface area contributed by atoms with Crippen molar-refractivity contribution in [3.63, 3.8) is 0 Å². The van der Waals surface area contributed by atoms with Gasteiger partial charge in [0.15, 0.2) is 0 Å². The average Bonchev–Trinajstić information content (AvgIpc) is 2.26. The Bertz CT molecular complexity index is 452. The van der Waals surface area contributed by atoms with Gasteiger partial charge in [-0.15, -0.1) is 26.3 Å². The molecule has 0 bridgehead atoms. The molecule has 0 saturated carbocycles. The van der Waals surface area contributed by atoms with E-state index in [0.717, 1.165) is 0 Å². The summed E-state index contributed by atoms with van der Waals surface area (Å²) < 4.78 is 161. The molecule has 21 heavy (non-hydrogen) atoms. The molecule has 0 aromatic heterocycles. The van der Waals surface area contributed by atoms with Gasteiger partial charge >= 0.3 is 30.4 Å². The topological polar surface area (TPSA) is 3.24 Å². The molecule has 0 radical (unpaired) electrons. The van der Waals surface area contributed by atoms with Crippen molar-refractivity contribution in [3.05, 3.63) is 11.5 Å². The lowest BCUT2D eigenvalue weighted by atomic mass is 10.1. The first-order valence-corrected chi connectivity index (χ1v) is 4.38. The van der Waals surface area contributed by atoms with Crippen molar-refractivity contribution in [2.24, 2.45) is 0 Å². The summed E-state index contributed by atoms with van der Waals surface area (Å²) in [6, 6.07) is 0. The molecule has 124 valence electrons. The molecular formula is C7F13N. The maximum atomic E-state index is 12.9. The molecule has 0 aromatic rings. The highest BCUT2D eigenvalue weighted by Crippen LogP contribution is 2.62. The molecule has 0 heterocycles. The van der Waals surface area contributed by atoms with Gasteiger partial charge in [0.1, 0.15) is 5.70 Å². The Morgan fingerprint density at radius 2 is 1.00 bits per heavy atom. The molecule has 0 saturated heterocycles. The van der Waals surface area contributed by atoms with E-state index in [-0.39, 0.29) is 0 Å². The van der Waals surface area contributed by atoms with Crippen LogP contribution in [-0.4, -0.2) is 35.3 Å². The van der Waals surface area contributed by atoms with E-state index in [2.05, 4.69) is 0 Å². The SMILES string of the molecule is FC1=C(N(C(F)(F)F)C(F)(F)F)C(F)(F)C(F)(F)C1(F)F. The molecule has 0 aromatic carbocycles. The molecular weight excluding hydrogens is 345 g/mol. The highest BCUT2D eigenvalue weighted by Gasteiger charge is 2.84. The first-order valence-electron chi connectivity index (χ1n) is 4.38. The van der Waals surface area contributed by atoms with E-state index in [1.165, 1.54) is 0 Å². The Morgan fingerprint density at radius 3 is 1.19 bits per heavy atom. The lowest BCUT2D eigenvalue weighted by Gasteiger charge is -2.32. The van der Waals surface area contributed by atoms with Gasteiger partial charge < -0.3 is 0 Å². The number of nitrogens with zero attached hydrogens (tertiary/aromatic N) is 1. The van der Waals surface area contributed by atoms with E-state index in [4.69, 9.17) is 0 Å². The van der Waals surface area contributed by atoms with Crippen LogP contribution >= 0.6 is 0 Å². The van der Waals surface area contributed by atoms with Gasteiger partial charge in [0.25, 0.3) is 0 Å². The normalized spacial score (nSPS) is 24.4. The third-order valence-corrected chi connectivity index (χ3v) is 2.30. The fourth-order valence-corrected chi connectivity index (χ4v) is 1.41. The molecule has 1 nitrogen and oxygen atoms in total. The summed E-state index contributed by atoms with van der Waals surface area (Å²) in [5.41, 5.74) is -4.20. The molecule has 0 unspecified atom stereocenters. The van der Waals surface area contributed by atoms with Crippen LogP contribution in [0.25, 0.3) is 0 Å². The molecule has 0 atom stereocenters. The summed E-state index contributed by atoms with van der Waals surface area (Å²) in [6.45, 7) is 0. The average molecular weight is 345 g/mol. The van der Waals surface area contributed by atoms with Gasteiger partial charge in [-0.3, -0.25) is 0 Å². The zero-order valence-electron chi connectivity index (χ0n) is 8.86. The largest absolute Gasteiger partial charge is 0.491 e. The predicted octanol–water partition coefficient (Wildman–Crippen LogP) is 4.43. The zero-order valence-corrected chi connectivity index (χ0v) is 8.86. The number of allylic oxidation sites excluding steroid dienone is 2. The minimum absolute atomic E-state index is 3.41. The molecule has 1 rings (SSSR count). The summed E-state index contributed by atoms with van der Waals surface area (Å²) in [4.78, 5) is -3.41. The Kier molecular flexibility index (Phi) is 3.44. The van der Waals surface area contributed by atoms with E-state index in [1.807, 2.05) is 0 Å². The Labute approximate surface area is 105 Å². The number of halogens is 13. The molecule has 0 amide bonds. The van der Waals surface area contributed by atoms with Gasteiger partial charge in [-0.1, -0.05) is 0 Å². The van der Waals surface area contributed by atoms with E-state index < -0.39 is 46.8 Å². The smallest absolute Gasteiger partial charge is 0.203 e. The molecule has 0 N–H and O–H groups in total. The number of hydrogen-bond acceptors (Lipinski definition) is 1. The minimum atomic E-state index is -6.90. The fraction of sp³-hybridized carbons (Fsp3) is 0.714. The lowest BCUT2D eigenvalue weighted by molar-refractivity contribution is -0.371. The first-order chi connectivity index (χ1) is 8.90. The number of hydrogen-bond donors (Lipinski definition) is 0. The maximum Gasteiger partial charge on any atom is 0.491 e. The van der Waals surface area contributed by atoms with Crippen LogP contribution in [0, 0.1) is 0 Å². The van der Waals surface area contributed by atoms with Crippen LogP contribution in [0.15, 0.2) is 11.5 Å². The van der Waals surface area contributed by atoms with Crippen molar-refractivity contribution in [1.82, 2.24) is 4.90 Å². The van der Waals surface area contributed by atoms with Gasteiger partial charge in [-0.05, 0) is 0 Å². The van der Waals surface area contributed by atoms with E-state index in [9.17, 15) is 57.1 Å².